The number of hydrogen-bond donors (Lipinski definition) is 0. The van der Waals surface area contributed by atoms with Crippen LogP contribution in [-0.2, 0) is 14.6 Å². The van der Waals surface area contributed by atoms with E-state index in [1.165, 1.54) is 18.7 Å². The van der Waals surface area contributed by atoms with Crippen LogP contribution < -0.4 is 0 Å². The van der Waals surface area contributed by atoms with Crippen LogP contribution in [-0.4, -0.2) is 60.7 Å². The average molecular weight is 339 g/mol. The maximum Gasteiger partial charge on any atom is 0.272 e. The van der Waals surface area contributed by atoms with E-state index in [9.17, 15) is 13.2 Å². The van der Waals surface area contributed by atoms with E-state index < -0.39 is 9.84 Å². The second kappa shape index (κ2) is 6.16. The van der Waals surface area contributed by atoms with Gasteiger partial charge in [-0.1, -0.05) is 19.3 Å². The van der Waals surface area contributed by atoms with Crippen LogP contribution in [0.1, 0.15) is 42.6 Å². The fraction of sp³-hybridized carbons (Fsp3) is 0.667. The molecule has 0 unspecified atom stereocenters. The summed E-state index contributed by atoms with van der Waals surface area (Å²) < 4.78 is 29.1. The summed E-state index contributed by atoms with van der Waals surface area (Å²) in [6, 6.07) is 1.46. The molecule has 2 fully saturated rings. The topological polar surface area (TPSA) is 89.5 Å². The Morgan fingerprint density at radius 1 is 1.30 bits per heavy atom. The normalized spacial score (nSPS) is 21.3. The number of rotatable bonds is 2. The summed E-state index contributed by atoms with van der Waals surface area (Å²) in [6.45, 7) is 1.55. The molecule has 2 heterocycles. The first-order chi connectivity index (χ1) is 10.9. The quantitative estimate of drug-likeness (QED) is 0.748. The van der Waals surface area contributed by atoms with E-state index in [0.29, 0.717) is 19.7 Å². The van der Waals surface area contributed by atoms with Gasteiger partial charge >= 0.3 is 0 Å². The zero-order valence-corrected chi connectivity index (χ0v) is 14.0. The molecule has 0 radical (unpaired) electrons. The molecular formula is C15H21N3O4S. The van der Waals surface area contributed by atoms with Crippen molar-refractivity contribution in [3.63, 3.8) is 0 Å². The Morgan fingerprint density at radius 3 is 2.74 bits per heavy atom. The molecule has 1 aliphatic carbocycles. The predicted molar refractivity (Wildman–Crippen MR) is 82.8 cm³/mol. The van der Waals surface area contributed by atoms with Gasteiger partial charge in [0.05, 0.1) is 18.8 Å². The van der Waals surface area contributed by atoms with Crippen molar-refractivity contribution < 1.29 is 17.9 Å². The molecule has 0 aromatic carbocycles. The molecule has 1 aromatic heterocycles. The summed E-state index contributed by atoms with van der Waals surface area (Å²) in [5.74, 6) is -0.259. The SMILES string of the molecule is CS(=O)(=O)c1nccc(C(=O)N2CCOC3(CCCCC3)C2)n1. The molecule has 1 saturated heterocycles. The molecule has 23 heavy (non-hydrogen) atoms. The van der Waals surface area contributed by atoms with Crippen LogP contribution in [0.15, 0.2) is 17.4 Å². The first-order valence-electron chi connectivity index (χ1n) is 7.86. The number of aromatic nitrogens is 2. The minimum atomic E-state index is -3.53. The van der Waals surface area contributed by atoms with E-state index in [1.54, 1.807) is 4.90 Å². The maximum atomic E-state index is 12.7. The molecule has 2 aliphatic rings. The van der Waals surface area contributed by atoms with Crippen LogP contribution in [0.4, 0.5) is 0 Å². The monoisotopic (exact) mass is 339 g/mol. The largest absolute Gasteiger partial charge is 0.371 e. The molecule has 1 aromatic rings. The Morgan fingerprint density at radius 2 is 2.04 bits per heavy atom. The van der Waals surface area contributed by atoms with Crippen LogP contribution in [0, 0.1) is 0 Å². The molecular weight excluding hydrogens is 318 g/mol. The Hall–Kier alpha value is -1.54. The van der Waals surface area contributed by atoms with Crippen molar-refractivity contribution in [2.75, 3.05) is 26.0 Å². The third kappa shape index (κ3) is 3.53. The second-order valence-electron chi connectivity index (χ2n) is 6.32. The highest BCUT2D eigenvalue weighted by molar-refractivity contribution is 7.90. The second-order valence-corrected chi connectivity index (χ2v) is 8.22. The molecule has 126 valence electrons. The summed E-state index contributed by atoms with van der Waals surface area (Å²) in [4.78, 5) is 22.1. The van der Waals surface area contributed by atoms with Gasteiger partial charge in [0.1, 0.15) is 5.69 Å². The highest BCUT2D eigenvalue weighted by Gasteiger charge is 2.39. The van der Waals surface area contributed by atoms with Crippen molar-refractivity contribution in [1.29, 1.82) is 0 Å². The number of sulfone groups is 1. The first kappa shape index (κ1) is 16.3. The Kier molecular flexibility index (Phi) is 4.37. The standard InChI is InChI=1S/C15H21N3O4S/c1-23(20,21)14-16-8-5-12(17-14)13(19)18-9-10-22-15(11-18)6-3-2-4-7-15/h5,8H,2-4,6-7,9-11H2,1H3. The molecule has 1 saturated carbocycles. The van der Waals surface area contributed by atoms with Crippen LogP contribution in [0.5, 0.6) is 0 Å². The first-order valence-corrected chi connectivity index (χ1v) is 9.75. The van der Waals surface area contributed by atoms with Gasteiger partial charge in [0.15, 0.2) is 0 Å². The third-order valence-electron chi connectivity index (χ3n) is 4.48. The zero-order chi connectivity index (χ0) is 16.5. The molecule has 8 heteroatoms. The Labute approximate surface area is 136 Å². The zero-order valence-electron chi connectivity index (χ0n) is 13.2. The van der Waals surface area contributed by atoms with Crippen LogP contribution in [0.2, 0.25) is 0 Å². The van der Waals surface area contributed by atoms with Crippen molar-refractivity contribution in [2.45, 2.75) is 42.9 Å². The van der Waals surface area contributed by atoms with Gasteiger partial charge in [0.25, 0.3) is 5.91 Å². The lowest BCUT2D eigenvalue weighted by Gasteiger charge is -2.44. The fourth-order valence-electron chi connectivity index (χ4n) is 3.32. The van der Waals surface area contributed by atoms with E-state index in [1.807, 2.05) is 0 Å². The Bertz CT molecular complexity index is 693. The van der Waals surface area contributed by atoms with Gasteiger partial charge in [-0.2, -0.15) is 0 Å². The third-order valence-corrected chi connectivity index (χ3v) is 5.34. The van der Waals surface area contributed by atoms with Crippen molar-refractivity contribution in [1.82, 2.24) is 14.9 Å². The van der Waals surface area contributed by atoms with Crippen molar-refractivity contribution in [3.8, 4) is 0 Å². The number of ether oxygens (including phenoxy) is 1. The van der Waals surface area contributed by atoms with Gasteiger partial charge in [0, 0.05) is 19.0 Å². The van der Waals surface area contributed by atoms with E-state index in [2.05, 4.69) is 9.97 Å². The van der Waals surface area contributed by atoms with Gasteiger partial charge in [-0.3, -0.25) is 4.79 Å². The molecule has 1 aliphatic heterocycles. The number of amides is 1. The lowest BCUT2D eigenvalue weighted by atomic mass is 9.83. The molecule has 1 spiro atoms. The lowest BCUT2D eigenvalue weighted by Crippen LogP contribution is -2.54. The molecule has 0 atom stereocenters. The van der Waals surface area contributed by atoms with Gasteiger partial charge in [-0.25, -0.2) is 18.4 Å². The highest BCUT2D eigenvalue weighted by Crippen LogP contribution is 2.34. The summed E-state index contributed by atoms with van der Waals surface area (Å²) in [6.07, 6.45) is 7.73. The molecule has 1 amide bonds. The maximum absolute atomic E-state index is 12.7. The van der Waals surface area contributed by atoms with Crippen LogP contribution in [0.3, 0.4) is 0 Å². The number of morpholine rings is 1. The minimum absolute atomic E-state index is 0.119. The van der Waals surface area contributed by atoms with Gasteiger partial charge in [-0.15, -0.1) is 0 Å². The molecule has 0 bridgehead atoms. The van der Waals surface area contributed by atoms with E-state index >= 15 is 0 Å². The fourth-order valence-corrected chi connectivity index (χ4v) is 3.83. The van der Waals surface area contributed by atoms with Gasteiger partial charge in [0.2, 0.25) is 15.0 Å². The van der Waals surface area contributed by atoms with Crippen molar-refractivity contribution >= 4 is 15.7 Å². The Balaban J connectivity index is 1.80. The smallest absolute Gasteiger partial charge is 0.272 e. The number of carbonyl (C=O) groups is 1. The summed E-state index contributed by atoms with van der Waals surface area (Å²) >= 11 is 0. The van der Waals surface area contributed by atoms with Gasteiger partial charge < -0.3 is 9.64 Å². The summed E-state index contributed by atoms with van der Waals surface area (Å²) in [7, 11) is -3.53. The summed E-state index contributed by atoms with van der Waals surface area (Å²) in [5, 5.41) is -0.316. The highest BCUT2D eigenvalue weighted by atomic mass is 32.2. The number of carbonyl (C=O) groups excluding carboxylic acids is 1. The van der Waals surface area contributed by atoms with E-state index in [4.69, 9.17) is 4.74 Å². The number of hydrogen-bond acceptors (Lipinski definition) is 6. The minimum Gasteiger partial charge on any atom is -0.371 e. The van der Waals surface area contributed by atoms with Crippen LogP contribution >= 0.6 is 0 Å². The van der Waals surface area contributed by atoms with Crippen molar-refractivity contribution in [3.05, 3.63) is 18.0 Å². The summed E-state index contributed by atoms with van der Waals surface area (Å²) in [5.41, 5.74) is -0.118. The van der Waals surface area contributed by atoms with Crippen molar-refractivity contribution in [2.24, 2.45) is 0 Å². The van der Waals surface area contributed by atoms with Gasteiger partial charge in [-0.05, 0) is 18.9 Å². The molecule has 0 N–H and O–H groups in total. The number of nitrogens with zero attached hydrogens (tertiary/aromatic N) is 3. The lowest BCUT2D eigenvalue weighted by molar-refractivity contribution is -0.118. The average Bonchev–Trinajstić information content (AvgIpc) is 2.54. The predicted octanol–water partition coefficient (Wildman–Crippen LogP) is 1.06. The van der Waals surface area contributed by atoms with Crippen LogP contribution in [0.25, 0.3) is 0 Å². The van der Waals surface area contributed by atoms with E-state index in [0.717, 1.165) is 31.9 Å². The van der Waals surface area contributed by atoms with E-state index in [-0.39, 0.29) is 22.4 Å². The molecule has 3 rings (SSSR count). The molecule has 7 nitrogen and oxygen atoms in total.